The Labute approximate surface area is 206 Å². The summed E-state index contributed by atoms with van der Waals surface area (Å²) in [6.07, 6.45) is 4.14. The van der Waals surface area contributed by atoms with Crippen LogP contribution in [-0.4, -0.2) is 26.4 Å². The number of thioether (sulfide) groups is 1. The van der Waals surface area contributed by atoms with E-state index in [1.54, 1.807) is 11.3 Å². The molecule has 170 valence electrons. The summed E-state index contributed by atoms with van der Waals surface area (Å²) in [6.45, 7) is 2.05. The third-order valence-corrected chi connectivity index (χ3v) is 7.93. The number of aromatic nitrogens is 3. The highest BCUT2D eigenvalue weighted by molar-refractivity contribution is 7.99. The molecule has 6 nitrogen and oxygen atoms in total. The van der Waals surface area contributed by atoms with E-state index >= 15 is 0 Å². The third-order valence-electron chi connectivity index (χ3n) is 5.79. The fraction of sp³-hybridized carbons (Fsp3) is 0.231. The molecule has 0 aliphatic heterocycles. The second kappa shape index (κ2) is 9.84. The lowest BCUT2D eigenvalue weighted by atomic mass is 9.96. The van der Waals surface area contributed by atoms with Gasteiger partial charge in [-0.05, 0) is 56.4 Å². The predicted octanol–water partition coefficient (Wildman–Crippen LogP) is 5.79. The summed E-state index contributed by atoms with van der Waals surface area (Å²) in [5.41, 5.74) is 4.79. The third kappa shape index (κ3) is 4.49. The molecular formula is C26H23N5OS2. The first-order chi connectivity index (χ1) is 16.6. The summed E-state index contributed by atoms with van der Waals surface area (Å²) >= 11 is 2.88. The summed E-state index contributed by atoms with van der Waals surface area (Å²) < 4.78 is 1.98. The second-order valence-corrected chi connectivity index (χ2v) is 10.3. The Bertz CT molecular complexity index is 1380. The molecule has 34 heavy (non-hydrogen) atoms. The smallest absolute Gasteiger partial charge is 0.235 e. The standard InChI is InChI=1S/C26H23N5OS2/c1-17-8-7-9-18(14-17)24-29-30-26(31(24)19-10-3-2-4-11-19)33-16-23(32)28-25-21(15-27)20-12-5-6-13-22(20)34-25/h2-4,7-11,14H,5-6,12-13,16H2,1H3,(H,28,32). The lowest BCUT2D eigenvalue weighted by molar-refractivity contribution is -0.113. The first-order valence-electron chi connectivity index (χ1n) is 11.2. The Balaban J connectivity index is 1.39. The molecule has 0 spiro atoms. The van der Waals surface area contributed by atoms with Gasteiger partial charge >= 0.3 is 0 Å². The highest BCUT2D eigenvalue weighted by Gasteiger charge is 2.22. The number of carbonyl (C=O) groups excluding carboxylic acids is 1. The maximum atomic E-state index is 12.8. The van der Waals surface area contributed by atoms with Gasteiger partial charge in [0.15, 0.2) is 11.0 Å². The topological polar surface area (TPSA) is 83.6 Å². The average Bonchev–Trinajstić information content (AvgIpc) is 3.44. The number of anilines is 1. The van der Waals surface area contributed by atoms with Gasteiger partial charge in [-0.3, -0.25) is 9.36 Å². The Kier molecular flexibility index (Phi) is 6.48. The quantitative estimate of drug-likeness (QED) is 0.350. The van der Waals surface area contributed by atoms with Crippen LogP contribution < -0.4 is 5.32 Å². The summed E-state index contributed by atoms with van der Waals surface area (Å²) in [4.78, 5) is 14.1. The molecule has 0 fully saturated rings. The number of thiophene rings is 1. The van der Waals surface area contributed by atoms with Crippen molar-refractivity contribution >= 4 is 34.0 Å². The van der Waals surface area contributed by atoms with Gasteiger partial charge in [0.1, 0.15) is 11.1 Å². The van der Waals surface area contributed by atoms with Crippen LogP contribution in [0.1, 0.15) is 34.4 Å². The number of para-hydroxylation sites is 1. The zero-order chi connectivity index (χ0) is 23.5. The molecular weight excluding hydrogens is 462 g/mol. The number of fused-ring (bicyclic) bond motifs is 1. The molecule has 0 atom stereocenters. The first kappa shape index (κ1) is 22.4. The number of nitrogens with one attached hydrogen (secondary N) is 1. The molecule has 0 bridgehead atoms. The van der Waals surface area contributed by atoms with Crippen molar-refractivity contribution in [2.24, 2.45) is 0 Å². The van der Waals surface area contributed by atoms with Gasteiger partial charge in [-0.25, -0.2) is 0 Å². The summed E-state index contributed by atoms with van der Waals surface area (Å²) in [7, 11) is 0. The number of hydrogen-bond acceptors (Lipinski definition) is 6. The number of hydrogen-bond donors (Lipinski definition) is 1. The van der Waals surface area contributed by atoms with Gasteiger partial charge in [0.25, 0.3) is 0 Å². The Morgan fingerprint density at radius 1 is 1.15 bits per heavy atom. The van der Waals surface area contributed by atoms with Gasteiger partial charge in [-0.1, -0.05) is 53.7 Å². The van der Waals surface area contributed by atoms with Gasteiger partial charge in [-0.2, -0.15) is 5.26 Å². The molecule has 1 aliphatic carbocycles. The zero-order valence-corrected chi connectivity index (χ0v) is 20.4. The molecule has 2 aromatic heterocycles. The monoisotopic (exact) mass is 485 g/mol. The van der Waals surface area contributed by atoms with Crippen LogP contribution in [0.25, 0.3) is 17.1 Å². The number of benzene rings is 2. The van der Waals surface area contributed by atoms with Crippen LogP contribution in [0.15, 0.2) is 59.8 Å². The molecule has 8 heteroatoms. The molecule has 0 unspecified atom stereocenters. The zero-order valence-electron chi connectivity index (χ0n) is 18.7. The van der Waals surface area contributed by atoms with E-state index < -0.39 is 0 Å². The van der Waals surface area contributed by atoms with Crippen molar-refractivity contribution in [1.82, 2.24) is 14.8 Å². The minimum Gasteiger partial charge on any atom is -0.316 e. The number of carbonyl (C=O) groups is 1. The first-order valence-corrected chi connectivity index (χ1v) is 13.0. The number of nitrogens with zero attached hydrogens (tertiary/aromatic N) is 4. The van der Waals surface area contributed by atoms with Crippen molar-refractivity contribution in [1.29, 1.82) is 5.26 Å². The number of nitriles is 1. The summed E-state index contributed by atoms with van der Waals surface area (Å²) in [6, 6.07) is 20.4. The lowest BCUT2D eigenvalue weighted by Crippen LogP contribution is -2.14. The van der Waals surface area contributed by atoms with E-state index in [4.69, 9.17) is 0 Å². The van der Waals surface area contributed by atoms with Crippen LogP contribution in [-0.2, 0) is 17.6 Å². The highest BCUT2D eigenvalue weighted by atomic mass is 32.2. The number of rotatable bonds is 6. The lowest BCUT2D eigenvalue weighted by Gasteiger charge is -2.11. The highest BCUT2D eigenvalue weighted by Crippen LogP contribution is 2.38. The second-order valence-electron chi connectivity index (χ2n) is 8.21. The Hall–Kier alpha value is -3.41. The molecule has 1 N–H and O–H groups in total. The van der Waals surface area contributed by atoms with Gasteiger partial charge in [0.05, 0.1) is 11.3 Å². The van der Waals surface area contributed by atoms with Crippen molar-refractivity contribution in [2.45, 2.75) is 37.8 Å². The fourth-order valence-corrected chi connectivity index (χ4v) is 6.22. The normalized spacial score (nSPS) is 12.7. The molecule has 1 aliphatic rings. The van der Waals surface area contributed by atoms with Crippen molar-refractivity contribution in [3.8, 4) is 23.1 Å². The Morgan fingerprint density at radius 3 is 2.76 bits per heavy atom. The van der Waals surface area contributed by atoms with E-state index in [9.17, 15) is 10.1 Å². The van der Waals surface area contributed by atoms with Gasteiger partial charge < -0.3 is 5.32 Å². The van der Waals surface area contributed by atoms with E-state index in [0.717, 1.165) is 53.9 Å². The molecule has 0 saturated heterocycles. The molecule has 4 aromatic rings. The van der Waals surface area contributed by atoms with Gasteiger partial charge in [0.2, 0.25) is 5.91 Å². The van der Waals surface area contributed by atoms with Crippen molar-refractivity contribution in [3.05, 3.63) is 76.2 Å². The van der Waals surface area contributed by atoms with Crippen molar-refractivity contribution in [2.75, 3.05) is 11.1 Å². The minimum atomic E-state index is -0.153. The molecule has 1 amide bonds. The van der Waals surface area contributed by atoms with Crippen molar-refractivity contribution in [3.63, 3.8) is 0 Å². The largest absolute Gasteiger partial charge is 0.316 e. The van der Waals surface area contributed by atoms with Crippen LogP contribution in [0, 0.1) is 18.3 Å². The predicted molar refractivity (Wildman–Crippen MR) is 137 cm³/mol. The average molecular weight is 486 g/mol. The maximum absolute atomic E-state index is 12.8. The molecule has 2 aromatic carbocycles. The van der Waals surface area contributed by atoms with E-state index in [-0.39, 0.29) is 11.7 Å². The molecule has 2 heterocycles. The summed E-state index contributed by atoms with van der Waals surface area (Å²) in [5.74, 6) is 0.752. The van der Waals surface area contributed by atoms with Gasteiger partial charge in [0, 0.05) is 16.1 Å². The summed E-state index contributed by atoms with van der Waals surface area (Å²) in [5, 5.41) is 22.8. The molecule has 0 saturated carbocycles. The van der Waals surface area contributed by atoms with Gasteiger partial charge in [-0.15, -0.1) is 21.5 Å². The minimum absolute atomic E-state index is 0.153. The fourth-order valence-electron chi connectivity index (χ4n) is 4.21. The van der Waals surface area contributed by atoms with E-state index in [2.05, 4.69) is 27.6 Å². The van der Waals surface area contributed by atoms with Crippen molar-refractivity contribution < 1.29 is 4.79 Å². The Morgan fingerprint density at radius 2 is 1.97 bits per heavy atom. The SMILES string of the molecule is Cc1cccc(-c2nnc(SCC(=O)Nc3sc4c(c3C#N)CCCC4)n2-c2ccccc2)c1. The van der Waals surface area contributed by atoms with Crippen LogP contribution in [0.4, 0.5) is 5.00 Å². The van der Waals surface area contributed by atoms with Crippen LogP contribution >= 0.6 is 23.1 Å². The number of aryl methyl sites for hydroxylation is 2. The van der Waals surface area contributed by atoms with E-state index in [1.807, 2.05) is 60.0 Å². The van der Waals surface area contributed by atoms with E-state index in [1.165, 1.54) is 16.6 Å². The number of amides is 1. The van der Waals surface area contributed by atoms with Crippen LogP contribution in [0.3, 0.4) is 0 Å². The molecule has 0 radical (unpaired) electrons. The molecule has 5 rings (SSSR count). The maximum Gasteiger partial charge on any atom is 0.235 e. The van der Waals surface area contributed by atoms with Crippen LogP contribution in [0.5, 0.6) is 0 Å². The van der Waals surface area contributed by atoms with Crippen LogP contribution in [0.2, 0.25) is 0 Å². The van der Waals surface area contributed by atoms with E-state index in [0.29, 0.717) is 15.7 Å².